The third-order valence-corrected chi connectivity index (χ3v) is 3.08. The Morgan fingerprint density at radius 2 is 2.00 bits per heavy atom. The second kappa shape index (κ2) is 7.11. The predicted molar refractivity (Wildman–Crippen MR) is 73.2 cm³/mol. The molecule has 1 rings (SSSR count). The molecule has 0 radical (unpaired) electrons. The van der Waals surface area contributed by atoms with Gasteiger partial charge in [-0.15, -0.1) is 0 Å². The summed E-state index contributed by atoms with van der Waals surface area (Å²) in [6.45, 7) is -0.714. The lowest BCUT2D eigenvalue weighted by molar-refractivity contribution is -0.140. The molecule has 20 heavy (non-hydrogen) atoms. The Hall–Kier alpha value is -1.80. The molecule has 1 aromatic rings. The quantitative estimate of drug-likeness (QED) is 0.697. The maximum Gasteiger partial charge on any atom is 0.328 e. The lowest BCUT2D eigenvalue weighted by atomic mass is 10.1. The average molecular weight is 348 g/mol. The van der Waals surface area contributed by atoms with Crippen molar-refractivity contribution in [2.45, 2.75) is 6.04 Å². The third kappa shape index (κ3) is 3.61. The van der Waals surface area contributed by atoms with Crippen LogP contribution in [0.2, 0.25) is 0 Å². The number of hydrogen-bond acceptors (Lipinski definition) is 5. The molecule has 0 fully saturated rings. The molecular formula is C12H14BrNO6. The van der Waals surface area contributed by atoms with E-state index in [4.69, 9.17) is 19.7 Å². The Bertz CT molecular complexity index is 519. The number of nitrogens with one attached hydrogen (secondary N) is 1. The molecule has 0 aromatic heterocycles. The molecule has 0 spiro atoms. The van der Waals surface area contributed by atoms with E-state index in [1.165, 1.54) is 20.3 Å². The number of aliphatic carboxylic acids is 1. The number of hydrogen-bond donors (Lipinski definition) is 3. The summed E-state index contributed by atoms with van der Waals surface area (Å²) in [5, 5.41) is 19.9. The van der Waals surface area contributed by atoms with E-state index < -0.39 is 24.5 Å². The summed E-state index contributed by atoms with van der Waals surface area (Å²) in [7, 11) is 2.81. The molecule has 1 amide bonds. The molecule has 8 heteroatoms. The van der Waals surface area contributed by atoms with Crippen LogP contribution in [0.1, 0.15) is 10.4 Å². The van der Waals surface area contributed by atoms with E-state index >= 15 is 0 Å². The van der Waals surface area contributed by atoms with Gasteiger partial charge in [0.25, 0.3) is 5.91 Å². The zero-order chi connectivity index (χ0) is 15.3. The summed E-state index contributed by atoms with van der Waals surface area (Å²) in [5.41, 5.74) is 0.0958. The van der Waals surface area contributed by atoms with Crippen LogP contribution in [0.25, 0.3) is 0 Å². The van der Waals surface area contributed by atoms with Crippen molar-refractivity contribution in [1.29, 1.82) is 0 Å². The first-order chi connectivity index (χ1) is 9.44. The molecule has 1 atom stereocenters. The minimum Gasteiger partial charge on any atom is -0.497 e. The number of carboxylic acid groups (broad SMARTS) is 1. The van der Waals surface area contributed by atoms with Crippen molar-refractivity contribution in [2.24, 2.45) is 0 Å². The fraction of sp³-hybridized carbons (Fsp3) is 0.333. The Labute approximate surface area is 123 Å². The third-order valence-electron chi connectivity index (χ3n) is 2.49. The minimum absolute atomic E-state index is 0.0958. The highest BCUT2D eigenvalue weighted by Crippen LogP contribution is 2.33. The Balaban J connectivity index is 3.13. The summed E-state index contributed by atoms with van der Waals surface area (Å²) in [6.07, 6.45) is 0. The number of aliphatic hydroxyl groups excluding tert-OH is 1. The fourth-order valence-electron chi connectivity index (χ4n) is 1.48. The largest absolute Gasteiger partial charge is 0.497 e. The van der Waals surface area contributed by atoms with Gasteiger partial charge in [0.2, 0.25) is 0 Å². The monoisotopic (exact) mass is 347 g/mol. The van der Waals surface area contributed by atoms with Crippen molar-refractivity contribution >= 4 is 27.8 Å². The molecule has 7 nitrogen and oxygen atoms in total. The zero-order valence-corrected chi connectivity index (χ0v) is 12.4. The lowest BCUT2D eigenvalue weighted by Gasteiger charge is -2.15. The number of rotatable bonds is 6. The summed E-state index contributed by atoms with van der Waals surface area (Å²) in [4.78, 5) is 22.9. The number of carbonyl (C=O) groups is 2. The van der Waals surface area contributed by atoms with Crippen molar-refractivity contribution in [1.82, 2.24) is 5.32 Å². The van der Waals surface area contributed by atoms with Crippen LogP contribution in [0, 0.1) is 0 Å². The maximum atomic E-state index is 12.1. The standard InChI is InChI=1S/C12H14BrNO6/c1-19-6-3-7(10(20-2)8(13)4-6)11(16)14-9(5-15)12(17)18/h3-4,9,15H,5H2,1-2H3,(H,14,16)(H,17,18)/t9-/m0/s1. The van der Waals surface area contributed by atoms with Crippen LogP contribution in [0.4, 0.5) is 0 Å². The van der Waals surface area contributed by atoms with E-state index in [0.717, 1.165) is 0 Å². The van der Waals surface area contributed by atoms with E-state index in [-0.39, 0.29) is 11.3 Å². The van der Waals surface area contributed by atoms with Crippen LogP contribution in [0.3, 0.4) is 0 Å². The van der Waals surface area contributed by atoms with Gasteiger partial charge in [-0.3, -0.25) is 4.79 Å². The van der Waals surface area contributed by atoms with Crippen LogP contribution >= 0.6 is 15.9 Å². The molecule has 0 aliphatic heterocycles. The molecule has 0 unspecified atom stereocenters. The first-order valence-electron chi connectivity index (χ1n) is 5.50. The highest BCUT2D eigenvalue weighted by atomic mass is 79.9. The van der Waals surface area contributed by atoms with Crippen molar-refractivity contribution in [3.63, 3.8) is 0 Å². The molecule has 1 aromatic carbocycles. The van der Waals surface area contributed by atoms with Crippen LogP contribution in [-0.4, -0.2) is 49.0 Å². The number of carboxylic acids is 1. The van der Waals surface area contributed by atoms with Crippen LogP contribution in [-0.2, 0) is 4.79 Å². The molecule has 110 valence electrons. The van der Waals surface area contributed by atoms with Gasteiger partial charge in [-0.2, -0.15) is 0 Å². The molecule has 0 saturated carbocycles. The molecule has 0 heterocycles. The van der Waals surface area contributed by atoms with Gasteiger partial charge in [0.1, 0.15) is 11.5 Å². The maximum absolute atomic E-state index is 12.1. The van der Waals surface area contributed by atoms with Gasteiger partial charge in [-0.1, -0.05) is 0 Å². The number of aliphatic hydroxyl groups is 1. The van der Waals surface area contributed by atoms with E-state index in [1.807, 2.05) is 0 Å². The van der Waals surface area contributed by atoms with Crippen LogP contribution in [0.15, 0.2) is 16.6 Å². The molecule has 0 aliphatic rings. The number of benzene rings is 1. The fourth-order valence-corrected chi connectivity index (χ4v) is 2.09. The summed E-state index contributed by atoms with van der Waals surface area (Å²) >= 11 is 3.23. The van der Waals surface area contributed by atoms with E-state index in [1.54, 1.807) is 6.07 Å². The second-order valence-corrected chi connectivity index (χ2v) is 4.59. The Morgan fingerprint density at radius 1 is 1.35 bits per heavy atom. The number of methoxy groups -OCH3 is 2. The van der Waals surface area contributed by atoms with E-state index in [2.05, 4.69) is 21.2 Å². The number of ether oxygens (including phenoxy) is 2. The SMILES string of the molecule is COc1cc(Br)c(OC)c(C(=O)N[C@@H](CO)C(=O)O)c1. The van der Waals surface area contributed by atoms with E-state index in [9.17, 15) is 9.59 Å². The van der Waals surface area contributed by atoms with Gasteiger partial charge in [-0.25, -0.2) is 4.79 Å². The molecule has 0 saturated heterocycles. The van der Waals surface area contributed by atoms with Gasteiger partial charge >= 0.3 is 5.97 Å². The van der Waals surface area contributed by atoms with Gasteiger partial charge in [0, 0.05) is 0 Å². The van der Waals surface area contributed by atoms with Crippen molar-refractivity contribution in [3.05, 3.63) is 22.2 Å². The highest BCUT2D eigenvalue weighted by Gasteiger charge is 2.23. The minimum atomic E-state index is -1.39. The average Bonchev–Trinajstić information content (AvgIpc) is 2.42. The van der Waals surface area contributed by atoms with Gasteiger partial charge < -0.3 is 25.0 Å². The second-order valence-electron chi connectivity index (χ2n) is 3.74. The first-order valence-corrected chi connectivity index (χ1v) is 6.30. The Morgan fingerprint density at radius 3 is 2.45 bits per heavy atom. The van der Waals surface area contributed by atoms with Crippen LogP contribution < -0.4 is 14.8 Å². The van der Waals surface area contributed by atoms with Gasteiger partial charge in [0.15, 0.2) is 6.04 Å². The number of carbonyl (C=O) groups excluding carboxylic acids is 1. The normalized spacial score (nSPS) is 11.6. The van der Waals surface area contributed by atoms with Crippen molar-refractivity contribution < 1.29 is 29.3 Å². The first kappa shape index (κ1) is 16.3. The van der Waals surface area contributed by atoms with Crippen molar-refractivity contribution in [3.8, 4) is 11.5 Å². The van der Waals surface area contributed by atoms with Gasteiger partial charge in [0.05, 0.1) is 30.9 Å². The van der Waals surface area contributed by atoms with E-state index in [0.29, 0.717) is 10.2 Å². The highest BCUT2D eigenvalue weighted by molar-refractivity contribution is 9.10. The molecule has 3 N–H and O–H groups in total. The van der Waals surface area contributed by atoms with Crippen molar-refractivity contribution in [2.75, 3.05) is 20.8 Å². The molecular weight excluding hydrogens is 334 g/mol. The Kier molecular flexibility index (Phi) is 5.78. The lowest BCUT2D eigenvalue weighted by Crippen LogP contribution is -2.43. The summed E-state index contributed by atoms with van der Waals surface area (Å²) in [5.74, 6) is -1.38. The number of halogens is 1. The smallest absolute Gasteiger partial charge is 0.328 e. The topological polar surface area (TPSA) is 105 Å². The molecule has 0 aliphatic carbocycles. The predicted octanol–water partition coefficient (Wildman–Crippen LogP) is 0.642. The van der Waals surface area contributed by atoms with Gasteiger partial charge in [-0.05, 0) is 28.1 Å². The molecule has 0 bridgehead atoms. The summed E-state index contributed by atoms with van der Waals surface area (Å²) < 4.78 is 10.6. The zero-order valence-electron chi connectivity index (χ0n) is 10.8. The van der Waals surface area contributed by atoms with Crippen LogP contribution in [0.5, 0.6) is 11.5 Å². The number of amides is 1. The summed E-state index contributed by atoms with van der Waals surface area (Å²) in [6, 6.07) is 1.63.